The van der Waals surface area contributed by atoms with Crippen LogP contribution in [0.15, 0.2) is 217 Å². The van der Waals surface area contributed by atoms with Crippen molar-refractivity contribution in [2.75, 3.05) is 0 Å². The molecular formula is C57H35N5O. The monoisotopic (exact) mass is 805 g/mol. The Kier molecular flexibility index (Phi) is 7.80. The van der Waals surface area contributed by atoms with Crippen LogP contribution in [0.25, 0.3) is 122 Å². The third-order valence-electron chi connectivity index (χ3n) is 12.4. The second-order valence-electron chi connectivity index (χ2n) is 15.9. The molecule has 6 heteroatoms. The first-order valence-electron chi connectivity index (χ1n) is 21.2. The Morgan fingerprint density at radius 1 is 0.317 bits per heavy atom. The zero-order chi connectivity index (χ0) is 41.4. The molecule has 63 heavy (non-hydrogen) atoms. The fourth-order valence-corrected chi connectivity index (χ4v) is 9.62. The van der Waals surface area contributed by atoms with Crippen molar-refractivity contribution in [3.05, 3.63) is 212 Å². The molecule has 0 bridgehead atoms. The van der Waals surface area contributed by atoms with Gasteiger partial charge in [0.2, 0.25) is 0 Å². The van der Waals surface area contributed by atoms with Crippen LogP contribution < -0.4 is 0 Å². The number of nitrogens with zero attached hydrogens (tertiary/aromatic N) is 5. The Morgan fingerprint density at radius 3 is 1.41 bits per heavy atom. The zero-order valence-electron chi connectivity index (χ0n) is 33.9. The lowest BCUT2D eigenvalue weighted by molar-refractivity contribution is 0.667. The highest BCUT2D eigenvalue weighted by Crippen LogP contribution is 2.46. The minimum atomic E-state index is 0.575. The standard InChI is InChI=1S/C57H35N5O/c1-5-18-36(19-6-1)40-32-35-46(57-59-55(37-20-7-2-8-21-37)58-56(60-57)38-22-9-3-10-23-38)50-45-28-17-31-49(53(45)63-54(40)50)62-48-30-16-14-27-42(48)44-34-33-43-41-26-13-15-29-47(41)61(51(43)52(44)62)39-24-11-4-12-25-39/h1-35H. The van der Waals surface area contributed by atoms with Gasteiger partial charge in [0, 0.05) is 60.3 Å². The Hall–Kier alpha value is -8.61. The van der Waals surface area contributed by atoms with Gasteiger partial charge in [-0.15, -0.1) is 0 Å². The Labute approximate surface area is 361 Å². The largest absolute Gasteiger partial charge is 0.453 e. The van der Waals surface area contributed by atoms with Gasteiger partial charge < -0.3 is 13.6 Å². The van der Waals surface area contributed by atoms with Crippen LogP contribution in [0.1, 0.15) is 0 Å². The molecule has 0 aliphatic carbocycles. The van der Waals surface area contributed by atoms with E-state index < -0.39 is 0 Å². The second-order valence-corrected chi connectivity index (χ2v) is 15.9. The summed E-state index contributed by atoms with van der Waals surface area (Å²) >= 11 is 0. The van der Waals surface area contributed by atoms with Gasteiger partial charge in [-0.05, 0) is 48.0 Å². The van der Waals surface area contributed by atoms with Crippen LogP contribution in [-0.4, -0.2) is 24.1 Å². The van der Waals surface area contributed by atoms with Gasteiger partial charge in [-0.3, -0.25) is 0 Å². The van der Waals surface area contributed by atoms with Crippen molar-refractivity contribution < 1.29 is 4.42 Å². The number of fused-ring (bicyclic) bond motifs is 10. The maximum atomic E-state index is 7.37. The summed E-state index contributed by atoms with van der Waals surface area (Å²) in [6, 6.07) is 74.2. The average molecular weight is 806 g/mol. The molecule has 9 aromatic carbocycles. The van der Waals surface area contributed by atoms with Crippen molar-refractivity contribution in [3.8, 4) is 56.7 Å². The van der Waals surface area contributed by atoms with Crippen molar-refractivity contribution in [1.82, 2.24) is 24.1 Å². The van der Waals surface area contributed by atoms with Crippen LogP contribution in [0.5, 0.6) is 0 Å². The Balaban J connectivity index is 1.16. The zero-order valence-corrected chi connectivity index (χ0v) is 33.9. The van der Waals surface area contributed by atoms with Crippen LogP contribution >= 0.6 is 0 Å². The molecule has 4 heterocycles. The Morgan fingerprint density at radius 2 is 0.794 bits per heavy atom. The summed E-state index contributed by atoms with van der Waals surface area (Å²) in [6.45, 7) is 0. The van der Waals surface area contributed by atoms with Crippen LogP contribution in [-0.2, 0) is 0 Å². The first-order chi connectivity index (χ1) is 31.3. The third-order valence-corrected chi connectivity index (χ3v) is 12.4. The van der Waals surface area contributed by atoms with Crippen molar-refractivity contribution in [1.29, 1.82) is 0 Å². The summed E-state index contributed by atoms with van der Waals surface area (Å²) in [5, 5.41) is 6.65. The van der Waals surface area contributed by atoms with Crippen molar-refractivity contribution in [2.45, 2.75) is 0 Å². The molecule has 0 radical (unpaired) electrons. The molecule has 294 valence electrons. The van der Waals surface area contributed by atoms with Gasteiger partial charge in [-0.1, -0.05) is 170 Å². The minimum absolute atomic E-state index is 0.575. The van der Waals surface area contributed by atoms with E-state index in [1.165, 1.54) is 21.5 Å². The summed E-state index contributed by atoms with van der Waals surface area (Å²) in [5.74, 6) is 1.79. The second kappa shape index (κ2) is 14.0. The van der Waals surface area contributed by atoms with E-state index in [1.807, 2.05) is 66.7 Å². The quantitative estimate of drug-likeness (QED) is 0.168. The lowest BCUT2D eigenvalue weighted by Crippen LogP contribution is -2.00. The number of para-hydroxylation sites is 4. The summed E-state index contributed by atoms with van der Waals surface area (Å²) in [7, 11) is 0. The van der Waals surface area contributed by atoms with E-state index in [4.69, 9.17) is 19.4 Å². The van der Waals surface area contributed by atoms with Gasteiger partial charge in [0.1, 0.15) is 5.58 Å². The van der Waals surface area contributed by atoms with E-state index >= 15 is 0 Å². The summed E-state index contributed by atoms with van der Waals surface area (Å²) in [5.41, 5.74) is 12.9. The predicted molar refractivity (Wildman–Crippen MR) is 258 cm³/mol. The van der Waals surface area contributed by atoms with Crippen molar-refractivity contribution in [2.24, 2.45) is 0 Å². The number of rotatable bonds is 6. The Bertz CT molecular complexity index is 3830. The van der Waals surface area contributed by atoms with E-state index in [9.17, 15) is 0 Å². The molecule has 0 N–H and O–H groups in total. The summed E-state index contributed by atoms with van der Waals surface area (Å²) in [6.07, 6.45) is 0. The molecular weight excluding hydrogens is 771 g/mol. The first kappa shape index (κ1) is 35.2. The first-order valence-corrected chi connectivity index (χ1v) is 21.2. The SMILES string of the molecule is c1ccc(-c2nc(-c3ccccc3)nc(-c3ccc(-c4ccccc4)c4oc5c(-n6c7ccccc7c7ccc8c9ccccc9n(-c9ccccc9)c8c76)cccc5c34)n2)cc1. The molecule has 0 saturated heterocycles. The molecule has 6 nitrogen and oxygen atoms in total. The van der Waals surface area contributed by atoms with E-state index in [1.54, 1.807) is 0 Å². The predicted octanol–water partition coefficient (Wildman–Crippen LogP) is 14.6. The molecule has 0 amide bonds. The van der Waals surface area contributed by atoms with Gasteiger partial charge >= 0.3 is 0 Å². The highest BCUT2D eigenvalue weighted by Gasteiger charge is 2.26. The smallest absolute Gasteiger partial charge is 0.164 e. The van der Waals surface area contributed by atoms with Crippen LogP contribution in [0.2, 0.25) is 0 Å². The lowest BCUT2D eigenvalue weighted by atomic mass is 9.98. The minimum Gasteiger partial charge on any atom is -0.453 e. The fraction of sp³-hybridized carbons (Fsp3) is 0. The maximum absolute atomic E-state index is 7.37. The molecule has 13 aromatic rings. The topological polar surface area (TPSA) is 61.7 Å². The van der Waals surface area contributed by atoms with Gasteiger partial charge in [-0.25, -0.2) is 15.0 Å². The van der Waals surface area contributed by atoms with Crippen LogP contribution in [0.3, 0.4) is 0 Å². The molecule has 0 atom stereocenters. The van der Waals surface area contributed by atoms with E-state index in [0.29, 0.717) is 17.5 Å². The van der Waals surface area contributed by atoms with Gasteiger partial charge in [0.25, 0.3) is 0 Å². The average Bonchev–Trinajstić information content (AvgIpc) is 4.03. The number of hydrogen-bond donors (Lipinski definition) is 0. The number of hydrogen-bond acceptors (Lipinski definition) is 4. The molecule has 0 fully saturated rings. The molecule has 0 unspecified atom stereocenters. The highest BCUT2D eigenvalue weighted by atomic mass is 16.3. The van der Waals surface area contributed by atoms with Crippen LogP contribution in [0, 0.1) is 0 Å². The molecule has 13 rings (SSSR count). The molecule has 0 aliphatic heterocycles. The van der Waals surface area contributed by atoms with E-state index in [2.05, 4.69) is 155 Å². The molecule has 0 spiro atoms. The van der Waals surface area contributed by atoms with Crippen LogP contribution in [0.4, 0.5) is 0 Å². The molecule has 4 aromatic heterocycles. The lowest BCUT2D eigenvalue weighted by Gasteiger charge is -2.13. The van der Waals surface area contributed by atoms with Gasteiger partial charge in [0.15, 0.2) is 23.1 Å². The maximum Gasteiger partial charge on any atom is 0.164 e. The molecule has 0 saturated carbocycles. The number of aromatic nitrogens is 5. The normalized spacial score (nSPS) is 11.8. The number of benzene rings is 9. The van der Waals surface area contributed by atoms with E-state index in [-0.39, 0.29) is 0 Å². The van der Waals surface area contributed by atoms with Gasteiger partial charge in [-0.2, -0.15) is 0 Å². The molecule has 0 aliphatic rings. The third kappa shape index (κ3) is 5.41. The summed E-state index contributed by atoms with van der Waals surface area (Å²) < 4.78 is 12.2. The summed E-state index contributed by atoms with van der Waals surface area (Å²) in [4.78, 5) is 15.4. The fourth-order valence-electron chi connectivity index (χ4n) is 9.62. The highest BCUT2D eigenvalue weighted by molar-refractivity contribution is 6.25. The van der Waals surface area contributed by atoms with E-state index in [0.717, 1.165) is 83.2 Å². The van der Waals surface area contributed by atoms with Crippen molar-refractivity contribution in [3.63, 3.8) is 0 Å². The van der Waals surface area contributed by atoms with Gasteiger partial charge in [0.05, 0.1) is 27.8 Å². The number of furan rings is 1. The van der Waals surface area contributed by atoms with Crippen molar-refractivity contribution >= 4 is 65.6 Å².